The van der Waals surface area contributed by atoms with E-state index in [-0.39, 0.29) is 12.2 Å². The van der Waals surface area contributed by atoms with Gasteiger partial charge in [-0.05, 0) is 38.2 Å². The van der Waals surface area contributed by atoms with Crippen molar-refractivity contribution >= 4 is 0 Å². The predicted molar refractivity (Wildman–Crippen MR) is 54.6 cm³/mol. The molecule has 0 aromatic heterocycles. The quantitative estimate of drug-likeness (QED) is 0.734. The van der Waals surface area contributed by atoms with Gasteiger partial charge in [-0.1, -0.05) is 0 Å². The van der Waals surface area contributed by atoms with Gasteiger partial charge in [-0.15, -0.1) is 0 Å². The molecule has 0 aliphatic rings. The second-order valence-electron chi connectivity index (χ2n) is 3.25. The summed E-state index contributed by atoms with van der Waals surface area (Å²) < 4.78 is 31.0. The van der Waals surface area contributed by atoms with Gasteiger partial charge in [0.05, 0.1) is 6.61 Å². The highest BCUT2D eigenvalue weighted by Crippen LogP contribution is 2.10. The molecule has 0 amide bonds. The molecule has 0 saturated heterocycles. The number of halogens is 2. The molecule has 0 aliphatic heterocycles. The third-order valence-corrected chi connectivity index (χ3v) is 1.98. The van der Waals surface area contributed by atoms with Gasteiger partial charge >= 0.3 is 0 Å². The monoisotopic (exact) mass is 215 g/mol. The molecule has 4 heteroatoms. The second-order valence-corrected chi connectivity index (χ2v) is 3.25. The van der Waals surface area contributed by atoms with Crippen LogP contribution in [0.4, 0.5) is 8.78 Å². The lowest BCUT2D eigenvalue weighted by Gasteiger charge is -2.05. The molecule has 0 heterocycles. The molecule has 1 aromatic carbocycles. The van der Waals surface area contributed by atoms with Crippen molar-refractivity contribution in [3.63, 3.8) is 0 Å². The van der Waals surface area contributed by atoms with Crippen LogP contribution in [-0.4, -0.2) is 20.2 Å². The number of hydrogen-bond acceptors (Lipinski definition) is 2. The first-order valence-electron chi connectivity index (χ1n) is 4.90. The largest absolute Gasteiger partial charge is 0.377 e. The summed E-state index contributed by atoms with van der Waals surface area (Å²) in [4.78, 5) is 0. The van der Waals surface area contributed by atoms with Crippen molar-refractivity contribution in [3.05, 3.63) is 35.4 Å². The maximum atomic E-state index is 13.1. The Morgan fingerprint density at radius 3 is 2.87 bits per heavy atom. The van der Waals surface area contributed by atoms with Crippen LogP contribution in [0.1, 0.15) is 12.0 Å². The van der Waals surface area contributed by atoms with Crippen molar-refractivity contribution in [3.8, 4) is 0 Å². The zero-order valence-corrected chi connectivity index (χ0v) is 8.72. The molecule has 84 valence electrons. The lowest BCUT2D eigenvalue weighted by molar-refractivity contribution is 0.116. The summed E-state index contributed by atoms with van der Waals surface area (Å²) in [5, 5.41) is 2.97. The molecule has 0 atom stereocenters. The van der Waals surface area contributed by atoms with Crippen molar-refractivity contribution in [1.82, 2.24) is 5.32 Å². The molecular formula is C11H15F2NO. The summed E-state index contributed by atoms with van der Waals surface area (Å²) >= 11 is 0. The van der Waals surface area contributed by atoms with Crippen LogP contribution in [-0.2, 0) is 11.3 Å². The molecule has 0 bridgehead atoms. The van der Waals surface area contributed by atoms with E-state index >= 15 is 0 Å². The zero-order valence-electron chi connectivity index (χ0n) is 8.72. The lowest BCUT2D eigenvalue weighted by atomic mass is 10.2. The van der Waals surface area contributed by atoms with Gasteiger partial charge < -0.3 is 10.1 Å². The Morgan fingerprint density at radius 2 is 2.13 bits per heavy atom. The summed E-state index contributed by atoms with van der Waals surface area (Å²) in [5.41, 5.74) is 0.263. The number of hydrogen-bond donors (Lipinski definition) is 1. The predicted octanol–water partition coefficient (Wildman–Crippen LogP) is 2.09. The standard InChI is InChI=1S/C11H15F2NO/c1-14-5-2-6-15-8-9-7-10(12)3-4-11(9)13/h3-4,7,14H,2,5-6,8H2,1H3. The summed E-state index contributed by atoms with van der Waals surface area (Å²) in [6.07, 6.45) is 0.855. The van der Waals surface area contributed by atoms with E-state index in [1.54, 1.807) is 0 Å². The number of rotatable bonds is 6. The third-order valence-electron chi connectivity index (χ3n) is 1.98. The molecule has 0 fully saturated rings. The maximum absolute atomic E-state index is 13.1. The van der Waals surface area contributed by atoms with Crippen molar-refractivity contribution in [2.45, 2.75) is 13.0 Å². The van der Waals surface area contributed by atoms with Gasteiger partial charge in [0.2, 0.25) is 0 Å². The first kappa shape index (κ1) is 12.1. The van der Waals surface area contributed by atoms with E-state index in [4.69, 9.17) is 4.74 Å². The highest BCUT2D eigenvalue weighted by molar-refractivity contribution is 5.17. The SMILES string of the molecule is CNCCCOCc1cc(F)ccc1F. The molecule has 2 nitrogen and oxygen atoms in total. The molecule has 0 spiro atoms. The number of benzene rings is 1. The van der Waals surface area contributed by atoms with E-state index in [0.717, 1.165) is 31.2 Å². The Labute approximate surface area is 88.3 Å². The van der Waals surface area contributed by atoms with E-state index < -0.39 is 11.6 Å². The van der Waals surface area contributed by atoms with Crippen LogP contribution in [0.15, 0.2) is 18.2 Å². The minimum atomic E-state index is -0.440. The molecule has 1 aromatic rings. The molecule has 0 aliphatic carbocycles. The molecule has 1 N–H and O–H groups in total. The average Bonchev–Trinajstić information content (AvgIpc) is 2.23. The topological polar surface area (TPSA) is 21.3 Å². The summed E-state index contributed by atoms with van der Waals surface area (Å²) in [6, 6.07) is 3.37. The Morgan fingerprint density at radius 1 is 1.33 bits per heavy atom. The molecular weight excluding hydrogens is 200 g/mol. The van der Waals surface area contributed by atoms with Crippen LogP contribution in [0.3, 0.4) is 0 Å². The fraction of sp³-hybridized carbons (Fsp3) is 0.455. The van der Waals surface area contributed by atoms with Crippen molar-refractivity contribution in [2.24, 2.45) is 0 Å². The van der Waals surface area contributed by atoms with Crippen molar-refractivity contribution in [2.75, 3.05) is 20.2 Å². The molecule has 0 saturated carbocycles. The highest BCUT2D eigenvalue weighted by Gasteiger charge is 2.03. The normalized spacial score (nSPS) is 10.6. The van der Waals surface area contributed by atoms with Crippen molar-refractivity contribution < 1.29 is 13.5 Å². The minimum Gasteiger partial charge on any atom is -0.377 e. The fourth-order valence-electron chi connectivity index (χ4n) is 1.19. The second kappa shape index (κ2) is 6.48. The van der Waals surface area contributed by atoms with Crippen LogP contribution >= 0.6 is 0 Å². The van der Waals surface area contributed by atoms with Gasteiger partial charge in [-0.3, -0.25) is 0 Å². The van der Waals surface area contributed by atoms with E-state index in [1.807, 2.05) is 7.05 Å². The van der Waals surface area contributed by atoms with Crippen LogP contribution in [0.2, 0.25) is 0 Å². The minimum absolute atomic E-state index is 0.118. The van der Waals surface area contributed by atoms with E-state index in [1.165, 1.54) is 0 Å². The maximum Gasteiger partial charge on any atom is 0.128 e. The third kappa shape index (κ3) is 4.36. The zero-order chi connectivity index (χ0) is 11.1. The van der Waals surface area contributed by atoms with Crippen LogP contribution in [0, 0.1) is 11.6 Å². The van der Waals surface area contributed by atoms with Crippen LogP contribution < -0.4 is 5.32 Å². The summed E-state index contributed by atoms with van der Waals surface area (Å²) in [7, 11) is 1.85. The smallest absolute Gasteiger partial charge is 0.128 e. The Balaban J connectivity index is 2.33. The summed E-state index contributed by atoms with van der Waals surface area (Å²) in [6.45, 7) is 1.51. The Hall–Kier alpha value is -1.00. The van der Waals surface area contributed by atoms with Gasteiger partial charge in [-0.2, -0.15) is 0 Å². The molecule has 0 unspecified atom stereocenters. The average molecular weight is 215 g/mol. The Bertz CT molecular complexity index is 305. The van der Waals surface area contributed by atoms with E-state index in [9.17, 15) is 8.78 Å². The summed E-state index contributed by atoms with van der Waals surface area (Å²) in [5.74, 6) is -0.866. The Kier molecular flexibility index (Phi) is 5.21. The van der Waals surface area contributed by atoms with Gasteiger partial charge in [-0.25, -0.2) is 8.78 Å². The lowest BCUT2D eigenvalue weighted by Crippen LogP contribution is -2.10. The highest BCUT2D eigenvalue weighted by atomic mass is 19.1. The van der Waals surface area contributed by atoms with E-state index in [2.05, 4.69) is 5.32 Å². The first-order chi connectivity index (χ1) is 7.24. The van der Waals surface area contributed by atoms with Gasteiger partial charge in [0, 0.05) is 12.2 Å². The molecule has 0 radical (unpaired) electrons. The van der Waals surface area contributed by atoms with Crippen LogP contribution in [0.25, 0.3) is 0 Å². The van der Waals surface area contributed by atoms with Gasteiger partial charge in [0.25, 0.3) is 0 Å². The van der Waals surface area contributed by atoms with E-state index in [0.29, 0.717) is 6.61 Å². The molecule has 1 rings (SSSR count). The number of ether oxygens (including phenoxy) is 1. The molecule has 15 heavy (non-hydrogen) atoms. The van der Waals surface area contributed by atoms with Crippen LogP contribution in [0.5, 0.6) is 0 Å². The fourth-order valence-corrected chi connectivity index (χ4v) is 1.19. The van der Waals surface area contributed by atoms with Crippen molar-refractivity contribution in [1.29, 1.82) is 0 Å². The number of nitrogens with one attached hydrogen (secondary N) is 1. The van der Waals surface area contributed by atoms with Gasteiger partial charge in [0.15, 0.2) is 0 Å². The van der Waals surface area contributed by atoms with Gasteiger partial charge in [0.1, 0.15) is 11.6 Å². The first-order valence-corrected chi connectivity index (χ1v) is 4.90.